The van der Waals surface area contributed by atoms with Crippen molar-refractivity contribution in [2.75, 3.05) is 13.2 Å². The second-order valence-corrected chi connectivity index (χ2v) is 5.25. The quantitative estimate of drug-likeness (QED) is 0.284. The Labute approximate surface area is 133 Å². The molecule has 0 fully saturated rings. The molecule has 0 unspecified atom stereocenters. The molecule has 0 heterocycles. The summed E-state index contributed by atoms with van der Waals surface area (Å²) in [5.74, 6) is 6.12. The number of nitrogens with two attached hydrogens (primary N) is 1. The topological polar surface area (TPSA) is 73.6 Å². The van der Waals surface area contributed by atoms with E-state index in [9.17, 15) is 4.79 Å². The number of amides is 1. The number of benzene rings is 1. The normalized spacial score (nSPS) is 10.3. The van der Waals surface area contributed by atoms with Crippen LogP contribution in [0.1, 0.15) is 62.7 Å². The lowest BCUT2D eigenvalue weighted by molar-refractivity contribution is 0.0953. The van der Waals surface area contributed by atoms with Crippen molar-refractivity contribution < 1.29 is 14.3 Å². The molecular formula is C17H28N2O3. The van der Waals surface area contributed by atoms with Gasteiger partial charge in [-0.05, 0) is 31.0 Å². The Morgan fingerprint density at radius 1 is 1.00 bits per heavy atom. The van der Waals surface area contributed by atoms with E-state index in [2.05, 4.69) is 19.3 Å². The number of carbonyl (C=O) groups excluding carboxylic acids is 1. The zero-order chi connectivity index (χ0) is 16.2. The fourth-order valence-electron chi connectivity index (χ4n) is 2.03. The van der Waals surface area contributed by atoms with Crippen molar-refractivity contribution in [2.24, 2.45) is 5.84 Å². The van der Waals surface area contributed by atoms with E-state index in [1.54, 1.807) is 18.2 Å². The number of nitrogen functional groups attached to an aromatic ring is 1. The van der Waals surface area contributed by atoms with Crippen LogP contribution in [0.2, 0.25) is 0 Å². The Hall–Kier alpha value is -1.75. The summed E-state index contributed by atoms with van der Waals surface area (Å²) in [7, 11) is 0. The summed E-state index contributed by atoms with van der Waals surface area (Å²) in [4.78, 5) is 11.6. The number of hydrogen-bond donors (Lipinski definition) is 2. The molecule has 0 saturated heterocycles. The predicted octanol–water partition coefficient (Wildman–Crippen LogP) is 3.43. The van der Waals surface area contributed by atoms with Gasteiger partial charge in [0.2, 0.25) is 0 Å². The van der Waals surface area contributed by atoms with E-state index >= 15 is 0 Å². The molecular weight excluding hydrogens is 280 g/mol. The maximum Gasteiger partial charge on any atom is 0.265 e. The largest absolute Gasteiger partial charge is 0.490 e. The zero-order valence-electron chi connectivity index (χ0n) is 13.7. The van der Waals surface area contributed by atoms with E-state index in [-0.39, 0.29) is 5.91 Å². The summed E-state index contributed by atoms with van der Waals surface area (Å²) < 4.78 is 11.6. The molecule has 0 aliphatic carbocycles. The van der Waals surface area contributed by atoms with Gasteiger partial charge in [0.25, 0.3) is 5.91 Å². The first-order chi connectivity index (χ1) is 10.7. The minimum Gasteiger partial charge on any atom is -0.490 e. The molecule has 1 amide bonds. The number of carbonyl (C=O) groups is 1. The van der Waals surface area contributed by atoms with Gasteiger partial charge in [-0.25, -0.2) is 5.84 Å². The molecule has 0 aromatic heterocycles. The Balaban J connectivity index is 2.72. The smallest absolute Gasteiger partial charge is 0.265 e. The Morgan fingerprint density at radius 2 is 1.59 bits per heavy atom. The molecule has 124 valence electrons. The number of rotatable bonds is 11. The van der Waals surface area contributed by atoms with Crippen molar-refractivity contribution in [3.63, 3.8) is 0 Å². The van der Waals surface area contributed by atoms with Crippen LogP contribution in [-0.2, 0) is 0 Å². The van der Waals surface area contributed by atoms with Gasteiger partial charge >= 0.3 is 0 Å². The van der Waals surface area contributed by atoms with Crippen LogP contribution in [0.3, 0.4) is 0 Å². The highest BCUT2D eigenvalue weighted by atomic mass is 16.5. The van der Waals surface area contributed by atoms with Gasteiger partial charge in [0.05, 0.1) is 13.2 Å². The van der Waals surface area contributed by atoms with Gasteiger partial charge in [-0.2, -0.15) is 0 Å². The summed E-state index contributed by atoms with van der Waals surface area (Å²) in [6, 6.07) is 5.14. The van der Waals surface area contributed by atoms with Crippen LogP contribution in [0.25, 0.3) is 0 Å². The van der Waals surface area contributed by atoms with Crippen molar-refractivity contribution in [2.45, 2.75) is 52.4 Å². The molecule has 0 aliphatic rings. The van der Waals surface area contributed by atoms with Crippen molar-refractivity contribution in [3.05, 3.63) is 23.8 Å². The lowest BCUT2D eigenvalue weighted by Crippen LogP contribution is -2.29. The standard InChI is InChI=1S/C17H28N2O3/c1-3-5-7-11-21-15-10-9-14(17(20)19-18)13-16(15)22-12-8-6-4-2/h9-10,13H,3-8,11-12,18H2,1-2H3,(H,19,20). The minimum atomic E-state index is -0.337. The highest BCUT2D eigenvalue weighted by Crippen LogP contribution is 2.29. The van der Waals surface area contributed by atoms with Crippen LogP contribution in [-0.4, -0.2) is 19.1 Å². The summed E-state index contributed by atoms with van der Waals surface area (Å²) in [5, 5.41) is 0. The van der Waals surface area contributed by atoms with E-state index < -0.39 is 0 Å². The molecule has 1 rings (SSSR count). The average Bonchev–Trinajstić information content (AvgIpc) is 2.55. The van der Waals surface area contributed by atoms with Crippen LogP contribution < -0.4 is 20.7 Å². The number of hydrazine groups is 1. The maximum absolute atomic E-state index is 11.6. The highest BCUT2D eigenvalue weighted by Gasteiger charge is 2.11. The zero-order valence-corrected chi connectivity index (χ0v) is 13.7. The van der Waals surface area contributed by atoms with Gasteiger partial charge in [0, 0.05) is 5.56 Å². The first-order valence-electron chi connectivity index (χ1n) is 8.13. The molecule has 22 heavy (non-hydrogen) atoms. The number of unbranched alkanes of at least 4 members (excludes halogenated alkanes) is 4. The second-order valence-electron chi connectivity index (χ2n) is 5.25. The van der Waals surface area contributed by atoms with E-state index in [1.807, 2.05) is 0 Å². The minimum absolute atomic E-state index is 0.337. The second kappa shape index (κ2) is 10.9. The summed E-state index contributed by atoms with van der Waals surface area (Å²) in [5.41, 5.74) is 2.60. The van der Waals surface area contributed by atoms with E-state index in [0.29, 0.717) is 30.3 Å². The molecule has 1 aromatic rings. The number of ether oxygens (including phenoxy) is 2. The van der Waals surface area contributed by atoms with E-state index in [4.69, 9.17) is 15.3 Å². The van der Waals surface area contributed by atoms with Crippen LogP contribution in [0.4, 0.5) is 0 Å². The lowest BCUT2D eigenvalue weighted by Gasteiger charge is -2.14. The van der Waals surface area contributed by atoms with Crippen molar-refractivity contribution >= 4 is 5.91 Å². The van der Waals surface area contributed by atoms with Gasteiger partial charge in [-0.15, -0.1) is 0 Å². The van der Waals surface area contributed by atoms with Crippen molar-refractivity contribution in [1.82, 2.24) is 5.43 Å². The SMILES string of the molecule is CCCCCOc1ccc(C(=O)NN)cc1OCCCCC. The van der Waals surface area contributed by atoms with Gasteiger partial charge in [0.1, 0.15) is 0 Å². The summed E-state index contributed by atoms with van der Waals surface area (Å²) in [6.07, 6.45) is 6.55. The molecule has 0 aliphatic heterocycles. The number of nitrogens with one attached hydrogen (secondary N) is 1. The fraction of sp³-hybridized carbons (Fsp3) is 0.588. The average molecular weight is 308 g/mol. The third kappa shape index (κ3) is 6.35. The lowest BCUT2D eigenvalue weighted by atomic mass is 10.2. The number of hydrogen-bond acceptors (Lipinski definition) is 4. The van der Waals surface area contributed by atoms with E-state index in [1.165, 1.54) is 0 Å². The molecule has 0 saturated carbocycles. The molecule has 1 aromatic carbocycles. The van der Waals surface area contributed by atoms with Crippen LogP contribution in [0.5, 0.6) is 11.5 Å². The molecule has 0 bridgehead atoms. The van der Waals surface area contributed by atoms with Crippen LogP contribution in [0, 0.1) is 0 Å². The summed E-state index contributed by atoms with van der Waals surface area (Å²) >= 11 is 0. The van der Waals surface area contributed by atoms with Crippen molar-refractivity contribution in [3.8, 4) is 11.5 Å². The van der Waals surface area contributed by atoms with E-state index in [0.717, 1.165) is 38.5 Å². The monoisotopic (exact) mass is 308 g/mol. The third-order valence-electron chi connectivity index (χ3n) is 3.35. The molecule has 0 radical (unpaired) electrons. The summed E-state index contributed by atoms with van der Waals surface area (Å²) in [6.45, 7) is 5.57. The van der Waals surface area contributed by atoms with Gasteiger partial charge in [0.15, 0.2) is 11.5 Å². The first kappa shape index (κ1) is 18.3. The fourth-order valence-corrected chi connectivity index (χ4v) is 2.03. The molecule has 0 spiro atoms. The maximum atomic E-state index is 11.6. The Kier molecular flexibility index (Phi) is 9.07. The molecule has 5 nitrogen and oxygen atoms in total. The Morgan fingerprint density at radius 3 is 2.14 bits per heavy atom. The molecule has 0 atom stereocenters. The first-order valence-corrected chi connectivity index (χ1v) is 8.13. The predicted molar refractivity (Wildman–Crippen MR) is 88.1 cm³/mol. The van der Waals surface area contributed by atoms with Crippen LogP contribution in [0.15, 0.2) is 18.2 Å². The highest BCUT2D eigenvalue weighted by molar-refractivity contribution is 5.94. The van der Waals surface area contributed by atoms with Gasteiger partial charge in [-0.1, -0.05) is 39.5 Å². The van der Waals surface area contributed by atoms with Gasteiger partial charge in [-0.3, -0.25) is 10.2 Å². The Bertz CT molecular complexity index is 450. The third-order valence-corrected chi connectivity index (χ3v) is 3.35. The van der Waals surface area contributed by atoms with Gasteiger partial charge < -0.3 is 9.47 Å². The van der Waals surface area contributed by atoms with Crippen LogP contribution >= 0.6 is 0 Å². The molecule has 3 N–H and O–H groups in total. The van der Waals surface area contributed by atoms with Crippen molar-refractivity contribution in [1.29, 1.82) is 0 Å². The molecule has 5 heteroatoms.